The number of nitrogens with one attached hydrogen (secondary N) is 2. The molecule has 1 saturated heterocycles. The highest BCUT2D eigenvalue weighted by atomic mass is 32.1. The van der Waals surface area contributed by atoms with Crippen molar-refractivity contribution < 1.29 is 14.3 Å². The third kappa shape index (κ3) is 5.28. The van der Waals surface area contributed by atoms with Crippen LogP contribution in [0.25, 0.3) is 10.7 Å². The molecule has 2 aromatic heterocycles. The molecule has 0 saturated carbocycles. The molecule has 1 fully saturated rings. The number of piperidine rings is 1. The Hall–Kier alpha value is -2.20. The second-order valence-corrected chi connectivity index (χ2v) is 9.77. The first kappa shape index (κ1) is 22.5. The number of rotatable bonds is 5. The Bertz CT molecular complexity index is 929. The van der Waals surface area contributed by atoms with Crippen LogP contribution in [-0.4, -0.2) is 56.4 Å². The van der Waals surface area contributed by atoms with Gasteiger partial charge in [-0.15, -0.1) is 11.3 Å². The van der Waals surface area contributed by atoms with Crippen LogP contribution in [0, 0.1) is 4.77 Å². The Morgan fingerprint density at radius 2 is 2.20 bits per heavy atom. The number of carbonyl (C=O) groups is 2. The minimum Gasteiger partial charge on any atom is -0.444 e. The summed E-state index contributed by atoms with van der Waals surface area (Å²) in [6, 6.07) is 3.32. The Kier molecular flexibility index (Phi) is 6.97. The molecule has 1 aliphatic rings. The number of likely N-dealkylation sites (tertiary alicyclic amines) is 1. The van der Waals surface area contributed by atoms with Crippen LogP contribution >= 0.6 is 23.6 Å². The maximum absolute atomic E-state index is 13.4. The molecular weight excluding hydrogens is 422 g/mol. The van der Waals surface area contributed by atoms with Crippen molar-refractivity contribution in [3.05, 3.63) is 22.3 Å². The van der Waals surface area contributed by atoms with Gasteiger partial charge in [-0.2, -0.15) is 5.10 Å². The Morgan fingerprint density at radius 1 is 1.43 bits per heavy atom. The van der Waals surface area contributed by atoms with Crippen molar-refractivity contribution in [2.24, 2.45) is 0 Å². The van der Waals surface area contributed by atoms with E-state index in [1.54, 1.807) is 15.9 Å². The first-order chi connectivity index (χ1) is 14.2. The summed E-state index contributed by atoms with van der Waals surface area (Å²) in [5.74, 6) is 0.636. The molecule has 2 amide bonds. The van der Waals surface area contributed by atoms with Gasteiger partial charge in [-0.1, -0.05) is 6.07 Å². The second kappa shape index (κ2) is 9.30. The number of aromatic amines is 1. The van der Waals surface area contributed by atoms with Crippen LogP contribution in [0.5, 0.6) is 0 Å². The van der Waals surface area contributed by atoms with Crippen LogP contribution < -0.4 is 5.32 Å². The van der Waals surface area contributed by atoms with Gasteiger partial charge in [-0.25, -0.2) is 4.79 Å². The van der Waals surface area contributed by atoms with E-state index in [4.69, 9.17) is 17.0 Å². The van der Waals surface area contributed by atoms with Crippen molar-refractivity contribution in [3.8, 4) is 10.7 Å². The number of hydrogen-bond donors (Lipinski definition) is 2. The van der Waals surface area contributed by atoms with Crippen molar-refractivity contribution in [3.63, 3.8) is 0 Å². The van der Waals surface area contributed by atoms with Crippen molar-refractivity contribution in [2.75, 3.05) is 13.1 Å². The zero-order valence-electron chi connectivity index (χ0n) is 17.8. The highest BCUT2D eigenvalue weighted by Crippen LogP contribution is 2.28. The van der Waals surface area contributed by atoms with Gasteiger partial charge in [-0.3, -0.25) is 14.5 Å². The number of H-pyrrole nitrogens is 1. The monoisotopic (exact) mass is 451 g/mol. The van der Waals surface area contributed by atoms with Gasteiger partial charge in [0.2, 0.25) is 5.91 Å². The minimum absolute atomic E-state index is 0.0269. The normalized spacial score (nSPS) is 18.1. The third-order valence-corrected chi connectivity index (χ3v) is 6.14. The topological polar surface area (TPSA) is 92.2 Å². The fraction of sp³-hybridized carbons (Fsp3) is 0.600. The molecule has 1 aliphatic heterocycles. The lowest BCUT2D eigenvalue weighted by Crippen LogP contribution is -2.51. The summed E-state index contributed by atoms with van der Waals surface area (Å²) >= 11 is 6.96. The van der Waals surface area contributed by atoms with Crippen LogP contribution in [-0.2, 0) is 9.53 Å². The highest BCUT2D eigenvalue weighted by Gasteiger charge is 2.32. The van der Waals surface area contributed by atoms with E-state index in [-0.39, 0.29) is 11.9 Å². The predicted octanol–water partition coefficient (Wildman–Crippen LogP) is 4.14. The number of thiophene rings is 1. The number of amides is 2. The van der Waals surface area contributed by atoms with Crippen LogP contribution in [0.2, 0.25) is 0 Å². The minimum atomic E-state index is -0.559. The summed E-state index contributed by atoms with van der Waals surface area (Å²) in [7, 11) is 0. The van der Waals surface area contributed by atoms with Gasteiger partial charge in [0.25, 0.3) is 0 Å². The predicted molar refractivity (Wildman–Crippen MR) is 119 cm³/mol. The number of carbonyl (C=O) groups excluding carboxylic acids is 2. The fourth-order valence-corrected chi connectivity index (χ4v) is 4.61. The van der Waals surface area contributed by atoms with E-state index in [0.29, 0.717) is 23.7 Å². The van der Waals surface area contributed by atoms with E-state index in [0.717, 1.165) is 24.1 Å². The number of alkyl carbamates (subject to hydrolysis) is 1. The SMILES string of the molecule is CC(C(=O)N1CCCCC1CNC(=O)OC(C)(C)C)n1c(-c2cccs2)n[nH]c1=S. The van der Waals surface area contributed by atoms with E-state index in [1.165, 1.54) is 0 Å². The summed E-state index contributed by atoms with van der Waals surface area (Å²) in [6.45, 7) is 8.34. The molecule has 164 valence electrons. The summed E-state index contributed by atoms with van der Waals surface area (Å²) in [6.07, 6.45) is 2.33. The van der Waals surface area contributed by atoms with Crippen LogP contribution in [0.4, 0.5) is 4.79 Å². The first-order valence-corrected chi connectivity index (χ1v) is 11.4. The molecule has 2 N–H and O–H groups in total. The quantitative estimate of drug-likeness (QED) is 0.667. The molecule has 2 aromatic rings. The number of hydrogen-bond acceptors (Lipinski definition) is 6. The Labute approximate surface area is 185 Å². The molecule has 0 aliphatic carbocycles. The summed E-state index contributed by atoms with van der Waals surface area (Å²) in [4.78, 5) is 28.3. The lowest BCUT2D eigenvalue weighted by molar-refractivity contribution is -0.138. The Morgan fingerprint density at radius 3 is 2.87 bits per heavy atom. The molecule has 2 atom stereocenters. The molecule has 8 nitrogen and oxygen atoms in total. The van der Waals surface area contributed by atoms with E-state index >= 15 is 0 Å². The van der Waals surface area contributed by atoms with E-state index in [2.05, 4.69) is 15.5 Å². The van der Waals surface area contributed by atoms with Gasteiger partial charge in [0, 0.05) is 19.1 Å². The van der Waals surface area contributed by atoms with Gasteiger partial charge < -0.3 is 15.0 Å². The fourth-order valence-electron chi connectivity index (χ4n) is 3.61. The lowest BCUT2D eigenvalue weighted by atomic mass is 10.0. The van der Waals surface area contributed by atoms with Crippen molar-refractivity contribution in [1.29, 1.82) is 0 Å². The van der Waals surface area contributed by atoms with Gasteiger partial charge in [0.15, 0.2) is 10.6 Å². The largest absolute Gasteiger partial charge is 0.444 e. The molecule has 2 unspecified atom stereocenters. The molecular formula is C20H29N5O3S2. The smallest absolute Gasteiger partial charge is 0.407 e. The molecule has 0 aromatic carbocycles. The third-order valence-electron chi connectivity index (χ3n) is 4.98. The van der Waals surface area contributed by atoms with Gasteiger partial charge in [-0.05, 0) is 70.6 Å². The molecule has 0 bridgehead atoms. The van der Waals surface area contributed by atoms with Crippen LogP contribution in [0.1, 0.15) is 53.0 Å². The summed E-state index contributed by atoms with van der Waals surface area (Å²) in [5.41, 5.74) is -0.559. The molecule has 30 heavy (non-hydrogen) atoms. The van der Waals surface area contributed by atoms with Crippen molar-refractivity contribution in [1.82, 2.24) is 25.0 Å². The standard InChI is InChI=1S/C20H29N5O3S2/c1-13(25-16(22-23-18(25)29)15-9-7-11-30-15)17(26)24-10-6-5-8-14(24)12-21-19(27)28-20(2,3)4/h7,9,11,13-14H,5-6,8,10,12H2,1-4H3,(H,21,27)(H,23,29). The molecule has 10 heteroatoms. The average Bonchev–Trinajstić information content (AvgIpc) is 3.33. The second-order valence-electron chi connectivity index (χ2n) is 8.44. The van der Waals surface area contributed by atoms with Crippen molar-refractivity contribution in [2.45, 2.75) is 64.6 Å². The number of ether oxygens (including phenoxy) is 1. The molecule has 0 radical (unpaired) electrons. The van der Waals surface area contributed by atoms with Crippen molar-refractivity contribution >= 4 is 35.6 Å². The van der Waals surface area contributed by atoms with Crippen LogP contribution in [0.3, 0.4) is 0 Å². The molecule has 0 spiro atoms. The number of nitrogens with zero attached hydrogens (tertiary/aromatic N) is 3. The maximum atomic E-state index is 13.4. The van der Waals surface area contributed by atoms with E-state index in [9.17, 15) is 9.59 Å². The highest BCUT2D eigenvalue weighted by molar-refractivity contribution is 7.71. The molecule has 3 rings (SSSR count). The van der Waals surface area contributed by atoms with E-state index < -0.39 is 17.7 Å². The van der Waals surface area contributed by atoms with Gasteiger partial charge >= 0.3 is 6.09 Å². The Balaban J connectivity index is 1.74. The lowest BCUT2D eigenvalue weighted by Gasteiger charge is -2.37. The number of aromatic nitrogens is 3. The summed E-state index contributed by atoms with van der Waals surface area (Å²) in [5, 5.41) is 11.9. The molecule has 3 heterocycles. The zero-order chi connectivity index (χ0) is 21.9. The van der Waals surface area contributed by atoms with E-state index in [1.807, 2.05) is 50.1 Å². The maximum Gasteiger partial charge on any atom is 0.407 e. The average molecular weight is 452 g/mol. The van der Waals surface area contributed by atoms with Crippen LogP contribution in [0.15, 0.2) is 17.5 Å². The van der Waals surface area contributed by atoms with Gasteiger partial charge in [0.1, 0.15) is 11.6 Å². The summed E-state index contributed by atoms with van der Waals surface area (Å²) < 4.78 is 7.51. The zero-order valence-corrected chi connectivity index (χ0v) is 19.4. The van der Waals surface area contributed by atoms with Gasteiger partial charge in [0.05, 0.1) is 4.88 Å². The first-order valence-electron chi connectivity index (χ1n) is 10.2.